The highest BCUT2D eigenvalue weighted by Crippen LogP contribution is 2.44. The molecule has 0 saturated carbocycles. The van der Waals surface area contributed by atoms with Crippen molar-refractivity contribution >= 4 is 33.4 Å². The van der Waals surface area contributed by atoms with E-state index in [2.05, 4.69) is 205 Å². The van der Waals surface area contributed by atoms with Crippen LogP contribution in [0.1, 0.15) is 93.9 Å². The first-order valence-corrected chi connectivity index (χ1v) is 26.8. The Balaban J connectivity index is 0.784. The Bertz CT molecular complexity index is 3510. The van der Waals surface area contributed by atoms with Crippen LogP contribution in [0.25, 0.3) is 56.2 Å². The SMILES string of the molecule is CC1(C)CCCC(C)(C)N1c1cccc(-n2[c-][n+](-c3cccc(Oc4ccnc(-c5cc(Oc6cccc(-[n+]7[c-]n(-c8cccc(N9C(C)(C)CCCC9(C)C)c8)c8ccccc87)c6)ccn5)c4)c3)c3ccccc32)c1. The van der Waals surface area contributed by atoms with Gasteiger partial charge in [-0.05, 0) is 179 Å². The van der Waals surface area contributed by atoms with Crippen molar-refractivity contribution in [1.29, 1.82) is 0 Å². The molecule has 2 saturated heterocycles. The number of rotatable bonds is 11. The smallest absolute Gasteiger partial charge is 0.269 e. The molecule has 382 valence electrons. The van der Waals surface area contributed by atoms with Crippen LogP contribution in [0.5, 0.6) is 23.0 Å². The van der Waals surface area contributed by atoms with E-state index < -0.39 is 0 Å². The van der Waals surface area contributed by atoms with Crippen LogP contribution in [0.4, 0.5) is 11.4 Å². The molecule has 10 heteroatoms. The number of hydrogen-bond donors (Lipinski definition) is 0. The third-order valence-corrected chi connectivity index (χ3v) is 15.7. The normalized spacial score (nSPS) is 16.7. The van der Waals surface area contributed by atoms with Crippen LogP contribution in [-0.2, 0) is 0 Å². The quantitative estimate of drug-likeness (QED) is 0.0950. The topological polar surface area (TPSA) is 68.3 Å². The Morgan fingerprint density at radius 3 is 1.18 bits per heavy atom. The number of para-hydroxylation sites is 4. The average molecular weight is 1000 g/mol. The molecule has 6 aromatic carbocycles. The highest BCUT2D eigenvalue weighted by atomic mass is 16.5. The number of aromatic nitrogens is 6. The molecule has 0 aliphatic carbocycles. The largest absolute Gasteiger partial charge is 0.458 e. The molecule has 2 aliphatic heterocycles. The lowest BCUT2D eigenvalue weighted by Gasteiger charge is -2.54. The van der Waals surface area contributed by atoms with Crippen LogP contribution in [0.2, 0.25) is 0 Å². The number of ether oxygens (including phenoxy) is 2. The van der Waals surface area contributed by atoms with Gasteiger partial charge in [0.05, 0.1) is 56.2 Å². The van der Waals surface area contributed by atoms with E-state index in [0.717, 1.165) is 70.5 Å². The number of benzene rings is 6. The molecule has 10 nitrogen and oxygen atoms in total. The number of pyridine rings is 2. The molecule has 12 rings (SSSR count). The fraction of sp³-hybridized carbons (Fsp3) is 0.273. The lowest BCUT2D eigenvalue weighted by atomic mass is 9.79. The number of nitrogens with zero attached hydrogens (tertiary/aromatic N) is 8. The van der Waals surface area contributed by atoms with Crippen molar-refractivity contribution in [3.63, 3.8) is 0 Å². The third kappa shape index (κ3) is 9.13. The van der Waals surface area contributed by atoms with Gasteiger partial charge in [0.25, 0.3) is 12.7 Å². The van der Waals surface area contributed by atoms with Gasteiger partial charge in [-0.1, -0.05) is 72.8 Å². The maximum absolute atomic E-state index is 6.57. The number of imidazole rings is 2. The van der Waals surface area contributed by atoms with Gasteiger partial charge in [0.1, 0.15) is 23.0 Å². The van der Waals surface area contributed by atoms with Gasteiger partial charge in [-0.15, -0.1) is 0 Å². The summed E-state index contributed by atoms with van der Waals surface area (Å²) in [6.07, 6.45) is 18.0. The van der Waals surface area contributed by atoms with Crippen LogP contribution in [-0.4, -0.2) is 41.3 Å². The summed E-state index contributed by atoms with van der Waals surface area (Å²) in [5, 5.41) is 0. The first-order valence-electron chi connectivity index (χ1n) is 26.8. The van der Waals surface area contributed by atoms with Crippen molar-refractivity contribution in [2.24, 2.45) is 0 Å². The molecule has 6 heterocycles. The highest BCUT2D eigenvalue weighted by Gasteiger charge is 2.42. The van der Waals surface area contributed by atoms with Gasteiger partial charge in [-0.2, -0.15) is 0 Å². The summed E-state index contributed by atoms with van der Waals surface area (Å²) < 4.78 is 21.7. The molecule has 0 radical (unpaired) electrons. The van der Waals surface area contributed by atoms with E-state index >= 15 is 0 Å². The summed E-state index contributed by atoms with van der Waals surface area (Å²) in [5.74, 6) is 2.65. The molecule has 2 fully saturated rings. The van der Waals surface area contributed by atoms with Gasteiger partial charge in [0.2, 0.25) is 0 Å². The summed E-state index contributed by atoms with van der Waals surface area (Å²) >= 11 is 0. The van der Waals surface area contributed by atoms with Gasteiger partial charge >= 0.3 is 0 Å². The predicted octanol–water partition coefficient (Wildman–Crippen LogP) is 14.9. The van der Waals surface area contributed by atoms with E-state index in [1.165, 1.54) is 24.2 Å². The van der Waals surface area contributed by atoms with Gasteiger partial charge in [0.15, 0.2) is 0 Å². The predicted molar refractivity (Wildman–Crippen MR) is 304 cm³/mol. The lowest BCUT2D eigenvalue weighted by molar-refractivity contribution is -0.572. The van der Waals surface area contributed by atoms with Crippen LogP contribution in [0, 0.1) is 12.7 Å². The second-order valence-corrected chi connectivity index (χ2v) is 23.1. The molecule has 4 aromatic heterocycles. The van der Waals surface area contributed by atoms with Crippen molar-refractivity contribution in [2.45, 2.75) is 116 Å². The van der Waals surface area contributed by atoms with E-state index in [4.69, 9.17) is 19.4 Å². The van der Waals surface area contributed by atoms with E-state index in [-0.39, 0.29) is 22.2 Å². The van der Waals surface area contributed by atoms with E-state index in [9.17, 15) is 0 Å². The minimum absolute atomic E-state index is 0.0458. The van der Waals surface area contributed by atoms with Crippen molar-refractivity contribution < 1.29 is 18.6 Å². The number of hydrogen-bond acceptors (Lipinski definition) is 6. The fourth-order valence-electron chi connectivity index (χ4n) is 12.7. The fourth-order valence-corrected chi connectivity index (χ4v) is 12.7. The maximum Gasteiger partial charge on any atom is 0.269 e. The van der Waals surface area contributed by atoms with Gasteiger partial charge in [-0.3, -0.25) is 28.2 Å². The molecule has 0 N–H and O–H groups in total. The molecule has 10 aromatic rings. The summed E-state index contributed by atoms with van der Waals surface area (Å²) in [6, 6.07) is 58.5. The van der Waals surface area contributed by atoms with Crippen molar-refractivity contribution in [2.75, 3.05) is 9.80 Å². The Morgan fingerprint density at radius 1 is 0.395 bits per heavy atom. The molecule has 0 bridgehead atoms. The van der Waals surface area contributed by atoms with Gasteiger partial charge in [-0.25, -0.2) is 0 Å². The molecular weight excluding hydrogens is 937 g/mol. The standard InChI is InChI=1S/C66H66N8O2/c1-63(2)33-17-34-64(3,4)73(63)51-23-13-19-47(39-51)69-45-71(61-29-11-9-27-59(61)69)49-21-15-25-53(41-49)75-55-31-37-67-57(43-55)58-44-56(32-38-68-58)76-54-26-16-22-50(42-54)72-46-70(60-28-10-12-30-62(60)72)48-20-14-24-52(40-48)74-65(5,6)35-18-36-66(74,7)8/h9-16,19-32,37-44H,17-18,33-36H2,1-8H3. The minimum Gasteiger partial charge on any atom is -0.458 e. The number of fused-ring (bicyclic) bond motifs is 2. The molecule has 0 atom stereocenters. The van der Waals surface area contributed by atoms with Crippen LogP contribution >= 0.6 is 0 Å². The Hall–Kier alpha value is -8.24. The summed E-state index contributed by atoms with van der Waals surface area (Å²) in [6.45, 7) is 19.0. The number of anilines is 2. The van der Waals surface area contributed by atoms with E-state index in [0.29, 0.717) is 34.4 Å². The molecule has 2 aliphatic rings. The zero-order valence-electron chi connectivity index (χ0n) is 45.0. The maximum atomic E-state index is 6.57. The van der Waals surface area contributed by atoms with Gasteiger partial charge in [0, 0.05) is 58.1 Å². The Kier molecular flexibility index (Phi) is 12.1. The van der Waals surface area contributed by atoms with E-state index in [1.54, 1.807) is 12.4 Å². The van der Waals surface area contributed by atoms with Gasteiger partial charge < -0.3 is 19.3 Å². The molecule has 76 heavy (non-hydrogen) atoms. The molecule has 0 spiro atoms. The molecular formula is C66H66N8O2. The Labute approximate surface area is 447 Å². The minimum atomic E-state index is 0.0458. The van der Waals surface area contributed by atoms with Crippen molar-refractivity contribution in [1.82, 2.24) is 19.1 Å². The summed E-state index contributed by atoms with van der Waals surface area (Å²) in [5.41, 5.74) is 12.1. The van der Waals surface area contributed by atoms with E-state index in [1.807, 2.05) is 60.7 Å². The number of piperidine rings is 2. The van der Waals surface area contributed by atoms with Crippen molar-refractivity contribution in [3.05, 3.63) is 195 Å². The lowest BCUT2D eigenvalue weighted by Crippen LogP contribution is -2.59. The Morgan fingerprint density at radius 2 is 0.763 bits per heavy atom. The van der Waals surface area contributed by atoms with Crippen LogP contribution < -0.4 is 28.4 Å². The van der Waals surface area contributed by atoms with Crippen molar-refractivity contribution in [3.8, 4) is 57.1 Å². The first kappa shape index (κ1) is 48.7. The monoisotopic (exact) mass is 1000 g/mol. The zero-order valence-corrected chi connectivity index (χ0v) is 45.0. The zero-order chi connectivity index (χ0) is 52.4. The second-order valence-electron chi connectivity index (χ2n) is 23.1. The van der Waals surface area contributed by atoms with Crippen LogP contribution in [0.15, 0.2) is 182 Å². The van der Waals surface area contributed by atoms with Crippen LogP contribution in [0.3, 0.4) is 0 Å². The third-order valence-electron chi connectivity index (χ3n) is 15.7. The average Bonchev–Trinajstić information content (AvgIpc) is 3.98. The molecule has 0 unspecified atom stereocenters. The summed E-state index contributed by atoms with van der Waals surface area (Å²) in [7, 11) is 0. The second kappa shape index (κ2) is 18.8. The molecule has 0 amide bonds. The first-order chi connectivity index (χ1) is 36.6. The summed E-state index contributed by atoms with van der Waals surface area (Å²) in [4.78, 5) is 14.7. The highest BCUT2D eigenvalue weighted by molar-refractivity contribution is 5.76.